The fourth-order valence-electron chi connectivity index (χ4n) is 4.65. The van der Waals surface area contributed by atoms with E-state index in [-0.39, 0.29) is 30.5 Å². The molecule has 0 saturated heterocycles. The fraction of sp³-hybridized carbons (Fsp3) is 0.389. The van der Waals surface area contributed by atoms with Crippen LogP contribution in [0.5, 0.6) is 0 Å². The van der Waals surface area contributed by atoms with Crippen LogP contribution in [-0.2, 0) is 27.1 Å². The minimum Gasteiger partial charge on any atom is -0.444 e. The molecule has 0 radical (unpaired) electrons. The van der Waals surface area contributed by atoms with Gasteiger partial charge in [0.2, 0.25) is 5.91 Å². The summed E-state index contributed by atoms with van der Waals surface area (Å²) in [6.45, 7) is 10.2. The molecule has 48 heavy (non-hydrogen) atoms. The van der Waals surface area contributed by atoms with Crippen LogP contribution >= 0.6 is 0 Å². The lowest BCUT2D eigenvalue weighted by Crippen LogP contribution is -2.46. The standard InChI is InChI=1S/C36H44F2N4O6/c1-35(2,3)47-33(45)41-28(17-23-11-8-7-9-12-23)21-31(43)40-27-14-10-13-24(19-27)32(44)39-22-29(42-34(46)48-36(4,5)6)20-25-18-26(37)15-16-30(25)38/h7-16,18-19,28-29H,17,20-22H2,1-6H3,(H,39,44)(H,40,43)(H,41,45)(H,42,46)/t28-,29?/m1/s1. The summed E-state index contributed by atoms with van der Waals surface area (Å²) in [5.74, 6) is -2.23. The smallest absolute Gasteiger partial charge is 0.407 e. The Kier molecular flexibility index (Phi) is 13.0. The molecule has 12 heteroatoms. The van der Waals surface area contributed by atoms with E-state index >= 15 is 0 Å². The van der Waals surface area contributed by atoms with E-state index in [1.807, 2.05) is 30.3 Å². The van der Waals surface area contributed by atoms with E-state index in [0.717, 1.165) is 23.8 Å². The molecular formula is C36H44F2N4O6. The second-order valence-electron chi connectivity index (χ2n) is 13.4. The maximum atomic E-state index is 14.4. The van der Waals surface area contributed by atoms with Crippen LogP contribution in [0, 0.1) is 11.6 Å². The molecule has 0 spiro atoms. The number of halogens is 2. The highest BCUT2D eigenvalue weighted by atomic mass is 19.1. The molecule has 2 atom stereocenters. The van der Waals surface area contributed by atoms with Crippen LogP contribution in [0.25, 0.3) is 0 Å². The largest absolute Gasteiger partial charge is 0.444 e. The molecule has 3 rings (SSSR count). The summed E-state index contributed by atoms with van der Waals surface area (Å²) in [6, 6.07) is 17.2. The summed E-state index contributed by atoms with van der Waals surface area (Å²) in [6.07, 6.45) is -1.24. The van der Waals surface area contributed by atoms with Crippen molar-refractivity contribution in [3.05, 3.63) is 101 Å². The zero-order valence-corrected chi connectivity index (χ0v) is 28.1. The molecule has 0 aliphatic carbocycles. The van der Waals surface area contributed by atoms with Gasteiger partial charge in [-0.15, -0.1) is 0 Å². The van der Waals surface area contributed by atoms with Crippen molar-refractivity contribution in [2.45, 2.75) is 84.1 Å². The quantitative estimate of drug-likeness (QED) is 0.179. The van der Waals surface area contributed by atoms with Crippen LogP contribution in [0.15, 0.2) is 72.8 Å². The lowest BCUT2D eigenvalue weighted by molar-refractivity contribution is -0.116. The highest BCUT2D eigenvalue weighted by molar-refractivity contribution is 5.97. The Morgan fingerprint density at radius 3 is 1.98 bits per heavy atom. The van der Waals surface area contributed by atoms with Gasteiger partial charge in [-0.25, -0.2) is 18.4 Å². The molecule has 0 saturated carbocycles. The Bertz CT molecular complexity index is 1570. The van der Waals surface area contributed by atoms with Crippen LogP contribution in [-0.4, -0.2) is 53.8 Å². The first-order chi connectivity index (χ1) is 22.5. The maximum Gasteiger partial charge on any atom is 0.407 e. The molecule has 0 aromatic heterocycles. The van der Waals surface area contributed by atoms with E-state index in [4.69, 9.17) is 9.47 Å². The third kappa shape index (κ3) is 13.8. The van der Waals surface area contributed by atoms with Gasteiger partial charge in [0, 0.05) is 30.3 Å². The average molecular weight is 667 g/mol. The fourth-order valence-corrected chi connectivity index (χ4v) is 4.65. The maximum absolute atomic E-state index is 14.4. The summed E-state index contributed by atoms with van der Waals surface area (Å²) in [5.41, 5.74) is -0.0414. The highest BCUT2D eigenvalue weighted by Gasteiger charge is 2.24. The number of carbonyl (C=O) groups excluding carboxylic acids is 4. The van der Waals surface area contributed by atoms with Gasteiger partial charge in [-0.1, -0.05) is 36.4 Å². The van der Waals surface area contributed by atoms with Crippen molar-refractivity contribution in [3.63, 3.8) is 0 Å². The van der Waals surface area contributed by atoms with Gasteiger partial charge in [-0.3, -0.25) is 9.59 Å². The molecule has 3 aromatic carbocycles. The number of nitrogens with one attached hydrogen (secondary N) is 4. The minimum atomic E-state index is -0.845. The Hall–Kier alpha value is -5.00. The third-order valence-corrected chi connectivity index (χ3v) is 6.59. The number of hydrogen-bond acceptors (Lipinski definition) is 6. The summed E-state index contributed by atoms with van der Waals surface area (Å²) >= 11 is 0. The molecule has 0 heterocycles. The van der Waals surface area contributed by atoms with Crippen molar-refractivity contribution in [2.75, 3.05) is 11.9 Å². The van der Waals surface area contributed by atoms with Crippen LogP contribution in [0.3, 0.4) is 0 Å². The molecule has 4 amide bonds. The second-order valence-corrected chi connectivity index (χ2v) is 13.4. The van der Waals surface area contributed by atoms with Crippen molar-refractivity contribution in [1.82, 2.24) is 16.0 Å². The number of benzene rings is 3. The molecule has 10 nitrogen and oxygen atoms in total. The molecule has 0 aliphatic heterocycles. The Morgan fingerprint density at radius 1 is 0.729 bits per heavy atom. The van der Waals surface area contributed by atoms with Gasteiger partial charge < -0.3 is 30.7 Å². The molecule has 258 valence electrons. The van der Waals surface area contributed by atoms with Crippen LogP contribution < -0.4 is 21.3 Å². The summed E-state index contributed by atoms with van der Waals surface area (Å²) < 4.78 is 38.9. The van der Waals surface area contributed by atoms with Crippen molar-refractivity contribution >= 4 is 29.7 Å². The van der Waals surface area contributed by atoms with E-state index in [2.05, 4.69) is 21.3 Å². The van der Waals surface area contributed by atoms with Crippen molar-refractivity contribution in [3.8, 4) is 0 Å². The van der Waals surface area contributed by atoms with Gasteiger partial charge in [-0.05, 0) is 102 Å². The number of alkyl carbamates (subject to hydrolysis) is 2. The topological polar surface area (TPSA) is 135 Å². The van der Waals surface area contributed by atoms with Gasteiger partial charge in [0.05, 0.1) is 6.04 Å². The van der Waals surface area contributed by atoms with E-state index in [0.29, 0.717) is 12.1 Å². The molecule has 0 aliphatic rings. The molecule has 0 fully saturated rings. The Labute approximate surface area is 280 Å². The number of ether oxygens (including phenoxy) is 2. The number of anilines is 1. The lowest BCUT2D eigenvalue weighted by atomic mass is 10.0. The van der Waals surface area contributed by atoms with Gasteiger partial charge in [0.25, 0.3) is 5.91 Å². The zero-order chi connectivity index (χ0) is 35.5. The second kappa shape index (κ2) is 16.7. The van der Waals surface area contributed by atoms with Gasteiger partial charge in [-0.2, -0.15) is 0 Å². The summed E-state index contributed by atoms with van der Waals surface area (Å²) in [5, 5.41) is 10.9. The lowest BCUT2D eigenvalue weighted by Gasteiger charge is -2.24. The third-order valence-electron chi connectivity index (χ3n) is 6.59. The van der Waals surface area contributed by atoms with Crippen LogP contribution in [0.4, 0.5) is 24.1 Å². The van der Waals surface area contributed by atoms with E-state index in [1.54, 1.807) is 53.7 Å². The van der Waals surface area contributed by atoms with Gasteiger partial charge >= 0.3 is 12.2 Å². The molecule has 1 unspecified atom stereocenters. The highest BCUT2D eigenvalue weighted by Crippen LogP contribution is 2.16. The predicted octanol–water partition coefficient (Wildman–Crippen LogP) is 6.30. The summed E-state index contributed by atoms with van der Waals surface area (Å²) in [4.78, 5) is 51.2. The summed E-state index contributed by atoms with van der Waals surface area (Å²) in [7, 11) is 0. The van der Waals surface area contributed by atoms with E-state index in [9.17, 15) is 28.0 Å². The van der Waals surface area contributed by atoms with Crippen molar-refractivity contribution in [1.29, 1.82) is 0 Å². The SMILES string of the molecule is CC(C)(C)OC(=O)NC(CNC(=O)c1cccc(NC(=O)C[C@@H](Cc2ccccc2)NC(=O)OC(C)(C)C)c1)Cc1cc(F)ccc1F. The van der Waals surface area contributed by atoms with Gasteiger partial charge in [0.1, 0.15) is 22.8 Å². The first-order valence-electron chi connectivity index (χ1n) is 15.6. The molecule has 4 N–H and O–H groups in total. The Balaban J connectivity index is 1.67. The van der Waals surface area contributed by atoms with Gasteiger partial charge in [0.15, 0.2) is 0 Å². The molecule has 3 aromatic rings. The van der Waals surface area contributed by atoms with Crippen molar-refractivity contribution in [2.24, 2.45) is 0 Å². The normalized spacial score (nSPS) is 12.7. The van der Waals surface area contributed by atoms with E-state index in [1.165, 1.54) is 12.1 Å². The average Bonchev–Trinajstić information content (AvgIpc) is 2.96. The van der Waals surface area contributed by atoms with Crippen LogP contribution in [0.1, 0.15) is 69.4 Å². The number of rotatable bonds is 12. The first kappa shape index (κ1) is 37.5. The molecular weight excluding hydrogens is 622 g/mol. The van der Waals surface area contributed by atoms with E-state index < -0.39 is 58.9 Å². The minimum absolute atomic E-state index is 0.0155. The number of hydrogen-bond donors (Lipinski definition) is 4. The number of amides is 4. The molecule has 0 bridgehead atoms. The first-order valence-corrected chi connectivity index (χ1v) is 15.6. The number of carbonyl (C=O) groups is 4. The Morgan fingerprint density at radius 2 is 1.35 bits per heavy atom. The van der Waals surface area contributed by atoms with Crippen LogP contribution in [0.2, 0.25) is 0 Å². The monoisotopic (exact) mass is 666 g/mol. The van der Waals surface area contributed by atoms with Crippen molar-refractivity contribution < 1.29 is 37.4 Å². The predicted molar refractivity (Wildman–Crippen MR) is 179 cm³/mol. The zero-order valence-electron chi connectivity index (χ0n) is 28.1.